The number of carbonyl (C=O) groups excluding carboxylic acids is 1. The fourth-order valence-corrected chi connectivity index (χ4v) is 4.53. The van der Waals surface area contributed by atoms with Gasteiger partial charge in [-0.2, -0.15) is 5.10 Å². The van der Waals surface area contributed by atoms with Crippen LogP contribution < -0.4 is 10.1 Å². The Hall–Kier alpha value is -3.80. The third-order valence-corrected chi connectivity index (χ3v) is 6.60. The molecule has 1 aliphatic heterocycles. The van der Waals surface area contributed by atoms with E-state index in [1.165, 1.54) is 5.01 Å². The monoisotopic (exact) mass is 515 g/mol. The van der Waals surface area contributed by atoms with Crippen LogP contribution in [0.1, 0.15) is 17.0 Å². The van der Waals surface area contributed by atoms with Gasteiger partial charge in [0.1, 0.15) is 5.75 Å². The molecule has 0 radical (unpaired) electrons. The van der Waals surface area contributed by atoms with E-state index in [0.29, 0.717) is 28.0 Å². The number of urea groups is 1. The molecule has 2 amide bonds. The van der Waals surface area contributed by atoms with Gasteiger partial charge in [0, 0.05) is 33.3 Å². The largest absolute Gasteiger partial charge is 0.496 e. The van der Waals surface area contributed by atoms with Crippen molar-refractivity contribution in [1.29, 1.82) is 0 Å². The summed E-state index contributed by atoms with van der Waals surface area (Å²) in [7, 11) is 1.62. The zero-order valence-electron chi connectivity index (χ0n) is 19.5. The molecule has 1 heterocycles. The second-order valence-corrected chi connectivity index (χ2v) is 9.26. The summed E-state index contributed by atoms with van der Waals surface area (Å²) in [6.07, 6.45) is 0. The number of hydrazone groups is 1. The summed E-state index contributed by atoms with van der Waals surface area (Å²) in [5.74, 6) is 0.564. The number of halogens is 2. The average Bonchev–Trinajstić information content (AvgIpc) is 3.36. The molecule has 1 aliphatic rings. The summed E-state index contributed by atoms with van der Waals surface area (Å²) >= 11 is 12.2. The molecule has 0 saturated heterocycles. The van der Waals surface area contributed by atoms with Crippen molar-refractivity contribution in [1.82, 2.24) is 5.01 Å². The lowest BCUT2D eigenvalue weighted by molar-refractivity contribution is 0.218. The number of rotatable bonds is 5. The molecule has 5 nitrogen and oxygen atoms in total. The Morgan fingerprint density at radius 2 is 1.56 bits per heavy atom. The Kier molecular flexibility index (Phi) is 6.94. The molecule has 0 bridgehead atoms. The third kappa shape index (κ3) is 5.08. The molecule has 7 heteroatoms. The van der Waals surface area contributed by atoms with Gasteiger partial charge in [0.2, 0.25) is 0 Å². The Balaban J connectivity index is 1.41. The highest BCUT2D eigenvalue weighted by Gasteiger charge is 2.32. The number of amides is 2. The third-order valence-electron chi connectivity index (χ3n) is 6.10. The van der Waals surface area contributed by atoms with Crippen molar-refractivity contribution in [3.8, 4) is 16.9 Å². The molecule has 0 fully saturated rings. The molecule has 1 unspecified atom stereocenters. The number of anilines is 1. The zero-order valence-corrected chi connectivity index (χ0v) is 21.0. The predicted molar refractivity (Wildman–Crippen MR) is 146 cm³/mol. The lowest BCUT2D eigenvalue weighted by Gasteiger charge is -2.17. The zero-order chi connectivity index (χ0) is 25.1. The molecule has 1 atom stereocenters. The number of nitrogens with one attached hydrogen (secondary N) is 1. The number of hydrogen-bond donors (Lipinski definition) is 1. The molecule has 0 saturated carbocycles. The first-order valence-electron chi connectivity index (χ1n) is 11.4. The van der Waals surface area contributed by atoms with Crippen molar-refractivity contribution in [2.24, 2.45) is 5.10 Å². The maximum Gasteiger partial charge on any atom is 0.342 e. The number of carbonyl (C=O) groups is 1. The molecular formula is C29H23Cl2N3O2. The summed E-state index contributed by atoms with van der Waals surface area (Å²) in [5.41, 5.74) is 5.33. The van der Waals surface area contributed by atoms with E-state index < -0.39 is 0 Å². The van der Waals surface area contributed by atoms with E-state index in [9.17, 15) is 4.79 Å². The second kappa shape index (κ2) is 10.4. The van der Waals surface area contributed by atoms with Crippen LogP contribution >= 0.6 is 23.2 Å². The van der Waals surface area contributed by atoms with Crippen molar-refractivity contribution in [2.45, 2.75) is 5.92 Å². The van der Waals surface area contributed by atoms with Crippen molar-refractivity contribution >= 4 is 40.6 Å². The molecule has 0 aliphatic carbocycles. The van der Waals surface area contributed by atoms with Crippen LogP contribution in [-0.4, -0.2) is 30.4 Å². The lowest BCUT2D eigenvalue weighted by Crippen LogP contribution is -2.30. The number of benzene rings is 4. The van der Waals surface area contributed by atoms with Crippen LogP contribution in [0, 0.1) is 0 Å². The number of ether oxygens (including phenoxy) is 1. The smallest absolute Gasteiger partial charge is 0.342 e. The normalized spacial score (nSPS) is 14.9. The quantitative estimate of drug-likeness (QED) is 0.296. The SMILES string of the molecule is COc1cc(NC(=O)N2CC(c3ccc(Cl)cc3)C(c3ccc(Cl)cc3)=N2)ccc1-c1ccccc1. The second-order valence-electron chi connectivity index (χ2n) is 8.39. The van der Waals surface area contributed by atoms with Crippen LogP contribution in [0.5, 0.6) is 5.75 Å². The number of methoxy groups -OCH3 is 1. The van der Waals surface area contributed by atoms with Gasteiger partial charge in [-0.3, -0.25) is 0 Å². The van der Waals surface area contributed by atoms with Crippen LogP contribution in [0.4, 0.5) is 10.5 Å². The van der Waals surface area contributed by atoms with E-state index >= 15 is 0 Å². The van der Waals surface area contributed by atoms with E-state index in [1.807, 2.05) is 97.1 Å². The molecule has 36 heavy (non-hydrogen) atoms. The van der Waals surface area contributed by atoms with Crippen LogP contribution in [0.3, 0.4) is 0 Å². The fraction of sp³-hybridized carbons (Fsp3) is 0.103. The standard InChI is InChI=1S/C29H23Cl2N3O2/c1-36-27-17-24(15-16-25(27)19-5-3-2-4-6-19)32-29(35)34-18-26(20-7-11-22(30)12-8-20)28(33-34)21-9-13-23(31)14-10-21/h2-17,26H,18H2,1H3,(H,32,35). The average molecular weight is 516 g/mol. The lowest BCUT2D eigenvalue weighted by atomic mass is 9.91. The maximum atomic E-state index is 13.3. The highest BCUT2D eigenvalue weighted by atomic mass is 35.5. The van der Waals surface area contributed by atoms with E-state index in [0.717, 1.165) is 28.0 Å². The van der Waals surface area contributed by atoms with Gasteiger partial charge in [0.15, 0.2) is 0 Å². The highest BCUT2D eigenvalue weighted by Crippen LogP contribution is 2.34. The van der Waals surface area contributed by atoms with Crippen molar-refractivity contribution in [3.63, 3.8) is 0 Å². The van der Waals surface area contributed by atoms with Gasteiger partial charge in [-0.1, -0.05) is 77.8 Å². The van der Waals surface area contributed by atoms with Gasteiger partial charge in [-0.25, -0.2) is 9.80 Å². The summed E-state index contributed by atoms with van der Waals surface area (Å²) in [4.78, 5) is 13.3. The van der Waals surface area contributed by atoms with Gasteiger partial charge in [0.05, 0.1) is 19.4 Å². The van der Waals surface area contributed by atoms with Crippen LogP contribution in [-0.2, 0) is 0 Å². The molecule has 180 valence electrons. The molecule has 5 rings (SSSR count). The maximum absolute atomic E-state index is 13.3. The van der Waals surface area contributed by atoms with Gasteiger partial charge in [0.25, 0.3) is 0 Å². The van der Waals surface area contributed by atoms with Crippen molar-refractivity contribution < 1.29 is 9.53 Å². The van der Waals surface area contributed by atoms with Crippen LogP contribution in [0.15, 0.2) is 102 Å². The molecule has 0 aromatic heterocycles. The molecule has 0 spiro atoms. The Morgan fingerprint density at radius 1 is 0.889 bits per heavy atom. The summed E-state index contributed by atoms with van der Waals surface area (Å²) in [6.45, 7) is 0.394. The van der Waals surface area contributed by atoms with Gasteiger partial charge in [-0.15, -0.1) is 0 Å². The van der Waals surface area contributed by atoms with E-state index in [2.05, 4.69) is 5.32 Å². The first kappa shape index (κ1) is 23.9. The molecular weight excluding hydrogens is 493 g/mol. The Bertz CT molecular complexity index is 1410. The van der Waals surface area contributed by atoms with Crippen LogP contribution in [0.25, 0.3) is 11.1 Å². The minimum absolute atomic E-state index is 0.107. The molecule has 4 aromatic carbocycles. The van der Waals surface area contributed by atoms with Crippen molar-refractivity contribution in [2.75, 3.05) is 19.0 Å². The van der Waals surface area contributed by atoms with Crippen molar-refractivity contribution in [3.05, 3.63) is 118 Å². The summed E-state index contributed by atoms with van der Waals surface area (Å²) < 4.78 is 5.60. The predicted octanol–water partition coefficient (Wildman–Crippen LogP) is 7.70. The Morgan fingerprint density at radius 3 is 2.22 bits per heavy atom. The van der Waals surface area contributed by atoms with Gasteiger partial charge < -0.3 is 10.1 Å². The Labute approximate surface area is 219 Å². The minimum Gasteiger partial charge on any atom is -0.496 e. The fourth-order valence-electron chi connectivity index (χ4n) is 4.28. The molecule has 4 aromatic rings. The van der Waals surface area contributed by atoms with Gasteiger partial charge >= 0.3 is 6.03 Å². The first-order chi connectivity index (χ1) is 17.5. The van der Waals surface area contributed by atoms with Crippen LogP contribution in [0.2, 0.25) is 10.0 Å². The minimum atomic E-state index is -0.326. The number of hydrogen-bond acceptors (Lipinski definition) is 3. The topological polar surface area (TPSA) is 53.9 Å². The first-order valence-corrected chi connectivity index (χ1v) is 12.2. The summed E-state index contributed by atoms with van der Waals surface area (Å²) in [6, 6.07) is 30.3. The van der Waals surface area contributed by atoms with E-state index in [4.69, 9.17) is 33.0 Å². The van der Waals surface area contributed by atoms with Gasteiger partial charge in [-0.05, 0) is 53.1 Å². The van der Waals surface area contributed by atoms with E-state index in [-0.39, 0.29) is 11.9 Å². The van der Waals surface area contributed by atoms with E-state index in [1.54, 1.807) is 7.11 Å². The summed E-state index contributed by atoms with van der Waals surface area (Å²) in [5, 5.41) is 10.4. The highest BCUT2D eigenvalue weighted by molar-refractivity contribution is 6.31. The molecule has 1 N–H and O–H groups in total. The number of nitrogens with zero attached hydrogens (tertiary/aromatic N) is 2.